The zero-order valence-corrected chi connectivity index (χ0v) is 16.2. The van der Waals surface area contributed by atoms with E-state index in [1.54, 1.807) is 14.0 Å². The van der Waals surface area contributed by atoms with E-state index in [-0.39, 0.29) is 11.3 Å². The van der Waals surface area contributed by atoms with Crippen molar-refractivity contribution in [1.29, 1.82) is 0 Å². The molecular formula is C21H32N2O2. The van der Waals surface area contributed by atoms with Crippen molar-refractivity contribution >= 4 is 5.91 Å². The van der Waals surface area contributed by atoms with Crippen LogP contribution in [0.5, 0.6) is 0 Å². The number of ether oxygens (including phenoxy) is 1. The fourth-order valence-corrected chi connectivity index (χ4v) is 4.85. The number of benzene rings is 1. The fraction of sp³-hybridized carbons (Fsp3) is 0.667. The summed E-state index contributed by atoms with van der Waals surface area (Å²) in [4.78, 5) is 16.5. The molecule has 1 aromatic carbocycles. The van der Waals surface area contributed by atoms with E-state index in [4.69, 9.17) is 4.74 Å². The number of likely N-dealkylation sites (tertiary alicyclic amines) is 2. The summed E-state index contributed by atoms with van der Waals surface area (Å²) < 4.78 is 5.48. The van der Waals surface area contributed by atoms with Gasteiger partial charge in [-0.05, 0) is 50.8 Å². The molecule has 1 atom stereocenters. The van der Waals surface area contributed by atoms with Crippen LogP contribution in [0.3, 0.4) is 0 Å². The van der Waals surface area contributed by atoms with Gasteiger partial charge in [0.2, 0.25) is 5.91 Å². The van der Waals surface area contributed by atoms with Gasteiger partial charge in [0.15, 0.2) is 0 Å². The van der Waals surface area contributed by atoms with Crippen LogP contribution in [-0.2, 0) is 16.1 Å². The van der Waals surface area contributed by atoms with Crippen molar-refractivity contribution in [3.63, 3.8) is 0 Å². The molecule has 1 spiro atoms. The highest BCUT2D eigenvalue weighted by Gasteiger charge is 2.48. The summed E-state index contributed by atoms with van der Waals surface area (Å²) in [7, 11) is 1.78. The Balaban J connectivity index is 1.64. The number of amides is 1. The van der Waals surface area contributed by atoms with Gasteiger partial charge in [-0.2, -0.15) is 0 Å². The molecule has 0 aliphatic carbocycles. The molecule has 2 heterocycles. The lowest BCUT2D eigenvalue weighted by Crippen LogP contribution is -2.45. The summed E-state index contributed by atoms with van der Waals surface area (Å²) in [5.74, 6) is 0.681. The Morgan fingerprint density at radius 3 is 2.40 bits per heavy atom. The Morgan fingerprint density at radius 1 is 1.20 bits per heavy atom. The van der Waals surface area contributed by atoms with Gasteiger partial charge in [0.05, 0.1) is 6.61 Å². The Hall–Kier alpha value is -1.39. The van der Waals surface area contributed by atoms with E-state index in [2.05, 4.69) is 36.9 Å². The monoisotopic (exact) mass is 344 g/mol. The first kappa shape index (κ1) is 18.4. The van der Waals surface area contributed by atoms with Gasteiger partial charge in [0.1, 0.15) is 0 Å². The van der Waals surface area contributed by atoms with Crippen LogP contribution in [0.2, 0.25) is 0 Å². The van der Waals surface area contributed by atoms with Crippen LogP contribution in [0.25, 0.3) is 0 Å². The number of methoxy groups -OCH3 is 1. The molecule has 0 saturated carbocycles. The summed E-state index contributed by atoms with van der Waals surface area (Å²) in [6.07, 6.45) is 2.32. The normalized spacial score (nSPS) is 23.4. The van der Waals surface area contributed by atoms with Crippen LogP contribution in [0, 0.1) is 25.2 Å². The first-order chi connectivity index (χ1) is 11.9. The van der Waals surface area contributed by atoms with E-state index in [0.29, 0.717) is 5.92 Å². The molecule has 2 fully saturated rings. The molecule has 1 aromatic rings. The van der Waals surface area contributed by atoms with Crippen LogP contribution in [0.1, 0.15) is 36.5 Å². The molecule has 4 heteroatoms. The average molecular weight is 344 g/mol. The van der Waals surface area contributed by atoms with Gasteiger partial charge in [-0.1, -0.05) is 29.3 Å². The van der Waals surface area contributed by atoms with E-state index >= 15 is 0 Å². The third-order valence-electron chi connectivity index (χ3n) is 6.17. The second kappa shape index (κ2) is 7.46. The molecule has 25 heavy (non-hydrogen) atoms. The predicted octanol–water partition coefficient (Wildman–Crippen LogP) is 3.01. The molecule has 0 N–H and O–H groups in total. The molecule has 138 valence electrons. The van der Waals surface area contributed by atoms with Crippen LogP contribution in [0.15, 0.2) is 18.2 Å². The number of nitrogens with zero attached hydrogens (tertiary/aromatic N) is 2. The lowest BCUT2D eigenvalue weighted by molar-refractivity contribution is -0.128. The number of aryl methyl sites for hydroxylation is 2. The quantitative estimate of drug-likeness (QED) is 0.842. The van der Waals surface area contributed by atoms with Crippen molar-refractivity contribution < 1.29 is 9.53 Å². The molecule has 0 aromatic heterocycles. The number of rotatable bonds is 4. The van der Waals surface area contributed by atoms with E-state index < -0.39 is 0 Å². The van der Waals surface area contributed by atoms with Gasteiger partial charge in [0.25, 0.3) is 0 Å². The fourth-order valence-electron chi connectivity index (χ4n) is 4.85. The first-order valence-electron chi connectivity index (χ1n) is 9.46. The third kappa shape index (κ3) is 4.06. The van der Waals surface area contributed by atoms with Crippen LogP contribution < -0.4 is 0 Å². The number of piperidine rings is 1. The minimum atomic E-state index is 0.204. The first-order valence-corrected chi connectivity index (χ1v) is 9.46. The minimum Gasteiger partial charge on any atom is -0.384 e. The van der Waals surface area contributed by atoms with Crippen molar-refractivity contribution in [2.75, 3.05) is 39.9 Å². The van der Waals surface area contributed by atoms with Crippen LogP contribution in [0.4, 0.5) is 0 Å². The SMILES string of the molecule is COC[C@H]1CN(C(C)=O)CC12CCN(Cc1cc(C)cc(C)c1)CC2. The lowest BCUT2D eigenvalue weighted by atomic mass is 9.71. The van der Waals surface area contributed by atoms with Crippen molar-refractivity contribution in [1.82, 2.24) is 9.80 Å². The van der Waals surface area contributed by atoms with Crippen molar-refractivity contribution in [3.05, 3.63) is 34.9 Å². The highest BCUT2D eigenvalue weighted by molar-refractivity contribution is 5.73. The van der Waals surface area contributed by atoms with Crippen LogP contribution in [-0.4, -0.2) is 55.6 Å². The van der Waals surface area contributed by atoms with Gasteiger partial charge in [-0.3, -0.25) is 9.69 Å². The average Bonchev–Trinajstić information content (AvgIpc) is 2.88. The minimum absolute atomic E-state index is 0.204. The Kier molecular flexibility index (Phi) is 5.49. The largest absolute Gasteiger partial charge is 0.384 e. The molecule has 2 saturated heterocycles. The van der Waals surface area contributed by atoms with Crippen LogP contribution >= 0.6 is 0 Å². The molecule has 0 bridgehead atoms. The van der Waals surface area contributed by atoms with Gasteiger partial charge >= 0.3 is 0 Å². The van der Waals surface area contributed by atoms with Crippen molar-refractivity contribution in [3.8, 4) is 0 Å². The maximum atomic E-state index is 11.9. The highest BCUT2D eigenvalue weighted by atomic mass is 16.5. The number of carbonyl (C=O) groups is 1. The highest BCUT2D eigenvalue weighted by Crippen LogP contribution is 2.45. The molecule has 0 unspecified atom stereocenters. The Bertz CT molecular complexity index is 600. The zero-order chi connectivity index (χ0) is 18.0. The molecule has 0 radical (unpaired) electrons. The number of carbonyl (C=O) groups excluding carboxylic acids is 1. The summed E-state index contributed by atoms with van der Waals surface area (Å²) in [6, 6.07) is 6.84. The van der Waals surface area contributed by atoms with E-state index in [1.807, 2.05) is 4.90 Å². The Morgan fingerprint density at radius 2 is 1.84 bits per heavy atom. The van der Waals surface area contributed by atoms with Gasteiger partial charge in [-0.15, -0.1) is 0 Å². The van der Waals surface area contributed by atoms with Gasteiger partial charge in [0, 0.05) is 39.6 Å². The Labute approximate surface area is 152 Å². The smallest absolute Gasteiger partial charge is 0.219 e. The number of hydrogen-bond acceptors (Lipinski definition) is 3. The lowest BCUT2D eigenvalue weighted by Gasteiger charge is -2.42. The standard InChI is InChI=1S/C21H32N2O2/c1-16-9-17(2)11-19(10-16)12-22-7-5-21(6-8-22)15-23(18(3)24)13-20(21)14-25-4/h9-11,20H,5-8,12-15H2,1-4H3/t20-/m1/s1. The molecule has 2 aliphatic rings. The summed E-state index contributed by atoms with van der Waals surface area (Å²) >= 11 is 0. The van der Waals surface area contributed by atoms with Gasteiger partial charge < -0.3 is 9.64 Å². The summed E-state index contributed by atoms with van der Waals surface area (Å²) in [5, 5.41) is 0. The second-order valence-corrected chi connectivity index (χ2v) is 8.19. The maximum Gasteiger partial charge on any atom is 0.219 e. The van der Waals surface area contributed by atoms with Crippen molar-refractivity contribution in [2.45, 2.75) is 40.2 Å². The molecule has 4 nitrogen and oxygen atoms in total. The van der Waals surface area contributed by atoms with E-state index in [0.717, 1.165) is 52.2 Å². The topological polar surface area (TPSA) is 32.8 Å². The molecule has 2 aliphatic heterocycles. The second-order valence-electron chi connectivity index (χ2n) is 8.19. The van der Waals surface area contributed by atoms with E-state index in [9.17, 15) is 4.79 Å². The van der Waals surface area contributed by atoms with Crippen molar-refractivity contribution in [2.24, 2.45) is 11.3 Å². The maximum absolute atomic E-state index is 11.9. The zero-order valence-electron chi connectivity index (χ0n) is 16.2. The molecular weight excluding hydrogens is 312 g/mol. The molecule has 3 rings (SSSR count). The van der Waals surface area contributed by atoms with Gasteiger partial charge in [-0.25, -0.2) is 0 Å². The molecule has 1 amide bonds. The third-order valence-corrected chi connectivity index (χ3v) is 6.17. The predicted molar refractivity (Wildman–Crippen MR) is 100 cm³/mol. The number of hydrogen-bond donors (Lipinski definition) is 0. The summed E-state index contributed by atoms with van der Waals surface area (Å²) in [6.45, 7) is 11.8. The summed E-state index contributed by atoms with van der Waals surface area (Å²) in [5.41, 5.74) is 4.35. The van der Waals surface area contributed by atoms with E-state index in [1.165, 1.54) is 16.7 Å².